The van der Waals surface area contributed by atoms with E-state index >= 15 is 0 Å². The summed E-state index contributed by atoms with van der Waals surface area (Å²) in [6.45, 7) is 1.08. The fourth-order valence-corrected chi connectivity index (χ4v) is 0. The molecule has 0 saturated heterocycles. The highest BCUT2D eigenvalue weighted by Gasteiger charge is 2.04. The summed E-state index contributed by atoms with van der Waals surface area (Å²) in [5.41, 5.74) is 0. The molecule has 0 aromatic carbocycles. The Morgan fingerprint density at radius 2 is 1.40 bits per heavy atom. The molecule has 10 heavy (non-hydrogen) atoms. The zero-order valence-corrected chi connectivity index (χ0v) is 8.22. The molecule has 2 N–H and O–H groups in total. The number of hydrogen-bond donors (Lipinski definition) is 2. The average Bonchev–Trinajstić information content (AvgIpc) is 1.63. The van der Waals surface area contributed by atoms with Crippen molar-refractivity contribution in [3.8, 4) is 0 Å². The highest BCUT2D eigenvalue weighted by molar-refractivity contribution is 9.25. The van der Waals surface area contributed by atoms with Crippen LogP contribution < -0.4 is 0 Å². The van der Waals surface area contributed by atoms with Gasteiger partial charge in [0.2, 0.25) is 0 Å². The molecule has 0 aliphatic rings. The Hall–Kier alpha value is -0.100. The maximum Gasteiger partial charge on any atom is 0.328 e. The molecule has 0 saturated carbocycles. The standard InChI is InChI=1S/C2H2Br2O2.C2H4O2/c3-1(4)2(5)6;1-2(3)4/h1H,(H,5,6);1H3,(H,3,4). The van der Waals surface area contributed by atoms with Crippen LogP contribution in [0.3, 0.4) is 0 Å². The molecule has 6 heteroatoms. The topological polar surface area (TPSA) is 74.6 Å². The molecule has 60 valence electrons. The van der Waals surface area contributed by atoms with Crippen molar-refractivity contribution in [1.29, 1.82) is 0 Å². The van der Waals surface area contributed by atoms with Gasteiger partial charge in [-0.05, 0) is 0 Å². The lowest BCUT2D eigenvalue weighted by atomic mass is 10.8. The van der Waals surface area contributed by atoms with Gasteiger partial charge in [0.25, 0.3) is 5.97 Å². The van der Waals surface area contributed by atoms with Gasteiger partial charge in [-0.25, -0.2) is 0 Å². The van der Waals surface area contributed by atoms with Gasteiger partial charge in [-0.2, -0.15) is 0 Å². The third-order valence-corrected chi connectivity index (χ3v) is 0.970. The van der Waals surface area contributed by atoms with Crippen molar-refractivity contribution in [2.24, 2.45) is 0 Å². The SMILES string of the molecule is CC(=O)O.O=C(O)C(Br)Br. The fourth-order valence-electron chi connectivity index (χ4n) is 0. The maximum atomic E-state index is 9.61. The van der Waals surface area contributed by atoms with Crippen LogP contribution in [-0.4, -0.2) is 25.9 Å². The molecule has 4 nitrogen and oxygen atoms in total. The molecule has 0 aliphatic carbocycles. The number of hydrogen-bond acceptors (Lipinski definition) is 2. The highest BCUT2D eigenvalue weighted by atomic mass is 79.9. The van der Waals surface area contributed by atoms with Gasteiger partial charge >= 0.3 is 5.97 Å². The molecular formula is C4H6Br2O4. The third-order valence-electron chi connectivity index (χ3n) is 0.187. The molecule has 0 unspecified atom stereocenters. The van der Waals surface area contributed by atoms with E-state index in [-0.39, 0.29) is 0 Å². The van der Waals surface area contributed by atoms with E-state index in [2.05, 4.69) is 31.9 Å². The predicted molar refractivity (Wildman–Crippen MR) is 42.6 cm³/mol. The van der Waals surface area contributed by atoms with E-state index in [4.69, 9.17) is 15.0 Å². The molecule has 0 aliphatic heterocycles. The monoisotopic (exact) mass is 276 g/mol. The number of carboxylic acid groups (broad SMARTS) is 2. The van der Waals surface area contributed by atoms with E-state index in [0.29, 0.717) is 0 Å². The lowest BCUT2D eigenvalue weighted by Gasteiger charge is -1.84. The first-order chi connectivity index (χ1) is 4.37. The Morgan fingerprint density at radius 3 is 1.40 bits per heavy atom. The van der Waals surface area contributed by atoms with Crippen molar-refractivity contribution < 1.29 is 19.8 Å². The minimum absolute atomic E-state index is 0.606. The first-order valence-electron chi connectivity index (χ1n) is 2.08. The van der Waals surface area contributed by atoms with E-state index in [9.17, 15) is 4.79 Å². The predicted octanol–water partition coefficient (Wildman–Crippen LogP) is 1.28. The van der Waals surface area contributed by atoms with Gasteiger partial charge in [0.05, 0.1) is 0 Å². The molecule has 0 heterocycles. The molecular weight excluding hydrogens is 272 g/mol. The number of halogens is 2. The summed E-state index contributed by atoms with van der Waals surface area (Å²) in [5.74, 6) is -1.74. The Kier molecular flexibility index (Phi) is 8.81. The zero-order chi connectivity index (χ0) is 8.73. The van der Waals surface area contributed by atoms with Gasteiger partial charge in [0.15, 0.2) is 3.74 Å². The minimum atomic E-state index is -0.907. The van der Waals surface area contributed by atoms with Crippen LogP contribution in [0.15, 0.2) is 0 Å². The molecule has 0 atom stereocenters. The maximum absolute atomic E-state index is 9.61. The molecule has 0 bridgehead atoms. The van der Waals surface area contributed by atoms with E-state index < -0.39 is 15.7 Å². The van der Waals surface area contributed by atoms with Gasteiger partial charge < -0.3 is 10.2 Å². The summed E-state index contributed by atoms with van der Waals surface area (Å²) in [4.78, 5) is 18.6. The fraction of sp³-hybridized carbons (Fsp3) is 0.500. The number of carbonyl (C=O) groups is 2. The van der Waals surface area contributed by atoms with Crippen molar-refractivity contribution in [2.45, 2.75) is 10.7 Å². The van der Waals surface area contributed by atoms with Crippen molar-refractivity contribution in [3.05, 3.63) is 0 Å². The average molecular weight is 278 g/mol. The van der Waals surface area contributed by atoms with E-state index in [1.807, 2.05) is 0 Å². The largest absolute Gasteiger partial charge is 0.481 e. The number of rotatable bonds is 1. The summed E-state index contributed by atoms with van der Waals surface area (Å²) in [6, 6.07) is 0. The normalized spacial score (nSPS) is 8.00. The van der Waals surface area contributed by atoms with Crippen molar-refractivity contribution in [1.82, 2.24) is 0 Å². The van der Waals surface area contributed by atoms with Crippen molar-refractivity contribution >= 4 is 43.8 Å². The Labute approximate surface area is 74.5 Å². The van der Waals surface area contributed by atoms with E-state index in [1.165, 1.54) is 0 Å². The van der Waals surface area contributed by atoms with Crippen LogP contribution in [0, 0.1) is 0 Å². The van der Waals surface area contributed by atoms with E-state index in [1.54, 1.807) is 0 Å². The Morgan fingerprint density at radius 1 is 1.30 bits per heavy atom. The van der Waals surface area contributed by atoms with Crippen LogP contribution >= 0.6 is 31.9 Å². The second-order valence-electron chi connectivity index (χ2n) is 1.16. The third kappa shape index (κ3) is 24.7. The molecule has 0 rings (SSSR count). The van der Waals surface area contributed by atoms with Crippen molar-refractivity contribution in [3.63, 3.8) is 0 Å². The summed E-state index contributed by atoms with van der Waals surface area (Å²) in [7, 11) is 0. The highest BCUT2D eigenvalue weighted by Crippen LogP contribution is 2.05. The Balaban J connectivity index is 0. The van der Waals surface area contributed by atoms with Crippen LogP contribution in [0.2, 0.25) is 0 Å². The van der Waals surface area contributed by atoms with Gasteiger partial charge in [-0.15, -0.1) is 0 Å². The second-order valence-corrected chi connectivity index (χ2v) is 4.22. The minimum Gasteiger partial charge on any atom is -0.481 e. The Bertz CT molecular complexity index is 118. The molecule has 0 spiro atoms. The van der Waals surface area contributed by atoms with Gasteiger partial charge in [0, 0.05) is 6.92 Å². The first-order valence-corrected chi connectivity index (χ1v) is 3.91. The van der Waals surface area contributed by atoms with Crippen LogP contribution in [0.25, 0.3) is 0 Å². The van der Waals surface area contributed by atoms with Crippen LogP contribution in [0.1, 0.15) is 6.92 Å². The summed E-state index contributed by atoms with van der Waals surface area (Å²) in [5, 5.41) is 15.3. The smallest absolute Gasteiger partial charge is 0.328 e. The number of carboxylic acids is 2. The van der Waals surface area contributed by atoms with Crippen molar-refractivity contribution in [2.75, 3.05) is 0 Å². The quantitative estimate of drug-likeness (QED) is 0.708. The lowest BCUT2D eigenvalue weighted by Crippen LogP contribution is -2.02. The lowest BCUT2D eigenvalue weighted by molar-refractivity contribution is -0.135. The van der Waals surface area contributed by atoms with Gasteiger partial charge in [-0.1, -0.05) is 31.9 Å². The molecule has 0 aromatic rings. The summed E-state index contributed by atoms with van der Waals surface area (Å²) < 4.78 is -0.606. The molecule has 0 fully saturated rings. The summed E-state index contributed by atoms with van der Waals surface area (Å²) in [6.07, 6.45) is 0. The summed E-state index contributed by atoms with van der Waals surface area (Å²) >= 11 is 5.51. The van der Waals surface area contributed by atoms with Gasteiger partial charge in [-0.3, -0.25) is 9.59 Å². The van der Waals surface area contributed by atoms with Gasteiger partial charge in [0.1, 0.15) is 0 Å². The second kappa shape index (κ2) is 7.01. The molecule has 0 aromatic heterocycles. The zero-order valence-electron chi connectivity index (χ0n) is 5.04. The van der Waals surface area contributed by atoms with E-state index in [0.717, 1.165) is 6.92 Å². The molecule has 0 amide bonds. The molecule has 0 radical (unpaired) electrons. The van der Waals surface area contributed by atoms with Crippen LogP contribution in [0.4, 0.5) is 0 Å². The first kappa shape index (κ1) is 12.6. The number of alkyl halides is 2. The van der Waals surface area contributed by atoms with Crippen LogP contribution in [0.5, 0.6) is 0 Å². The van der Waals surface area contributed by atoms with Crippen LogP contribution in [-0.2, 0) is 9.59 Å². The number of aliphatic carboxylic acids is 2.